The van der Waals surface area contributed by atoms with Gasteiger partial charge in [-0.25, -0.2) is 0 Å². The Bertz CT molecular complexity index is 5340. The maximum Gasteiger partial charge on any atom is 0.0618 e. The van der Waals surface area contributed by atoms with E-state index in [0.29, 0.717) is 0 Å². The van der Waals surface area contributed by atoms with Crippen LogP contribution in [-0.2, 0) is 5.41 Å². The van der Waals surface area contributed by atoms with Gasteiger partial charge in [-0.3, -0.25) is 0 Å². The monoisotopic (exact) mass is 1250 g/mol. The largest absolute Gasteiger partial charge is 0.309 e. The molecule has 0 aliphatic carbocycles. The second-order valence-electron chi connectivity index (χ2n) is 26.5. The number of rotatable bonds is 14. The Morgan fingerprint density at radius 2 is 0.500 bits per heavy atom. The first kappa shape index (κ1) is 59.3. The molecule has 0 bridgehead atoms. The van der Waals surface area contributed by atoms with Crippen LogP contribution in [0, 0.1) is 0 Å². The molecular weight excluding hydrogens is 1190 g/mol. The third kappa shape index (κ3) is 10.8. The zero-order chi connectivity index (χ0) is 65.7. The molecule has 2 heterocycles. The molecule has 0 saturated heterocycles. The summed E-state index contributed by atoms with van der Waals surface area (Å²) in [6.45, 7) is 7.06. The summed E-state index contributed by atoms with van der Waals surface area (Å²) < 4.78 is 4.88. The molecule has 0 aliphatic heterocycles. The summed E-state index contributed by atoms with van der Waals surface area (Å²) in [6.07, 6.45) is 0. The number of benzene rings is 15. The molecule has 0 N–H and O–H groups in total. The average Bonchev–Trinajstić information content (AvgIpc) is 1.24. The zero-order valence-corrected chi connectivity index (χ0v) is 55.0. The maximum absolute atomic E-state index is 2.57. The molecule has 0 atom stereocenters. The number of hydrogen-bond donors (Lipinski definition) is 0. The Morgan fingerprint density at radius 3 is 0.857 bits per heavy atom. The molecule has 0 amide bonds. The van der Waals surface area contributed by atoms with Crippen molar-refractivity contribution < 1.29 is 0 Å². The first-order valence-electron chi connectivity index (χ1n) is 33.9. The molecule has 0 unspecified atom stereocenters. The summed E-state index contributed by atoms with van der Waals surface area (Å²) in [4.78, 5) is 5.14. The van der Waals surface area contributed by atoms with Crippen LogP contribution in [-0.4, -0.2) is 9.13 Å². The Labute approximate surface area is 573 Å². The van der Waals surface area contributed by atoms with Crippen LogP contribution in [0.3, 0.4) is 0 Å². The molecule has 15 aromatic carbocycles. The fraction of sp³-hybridized carbons (Fsp3) is 0.0426. The lowest BCUT2D eigenvalue weighted by molar-refractivity contribution is 0.590. The van der Waals surface area contributed by atoms with Crippen molar-refractivity contribution in [3.63, 3.8) is 0 Å². The van der Waals surface area contributed by atoms with E-state index in [4.69, 9.17) is 0 Å². The van der Waals surface area contributed by atoms with Gasteiger partial charge in [0.15, 0.2) is 0 Å². The summed E-state index contributed by atoms with van der Waals surface area (Å²) in [7, 11) is 0. The quantitative estimate of drug-likeness (QED) is 0.108. The van der Waals surface area contributed by atoms with Crippen molar-refractivity contribution in [2.24, 2.45) is 0 Å². The van der Waals surface area contributed by atoms with E-state index in [1.165, 1.54) is 27.1 Å². The predicted octanol–water partition coefficient (Wildman–Crippen LogP) is 26.1. The van der Waals surface area contributed by atoms with Crippen LogP contribution >= 0.6 is 0 Å². The SMILES string of the molecule is CC(C)(C)c1cc(N(c2cccc(-n3c4ccccc4c4ccccc43)c2)c2c(-c3ccccc3)cccc2-c2cccc(-c3ccccc3)c2)cc(N(c2cccc(-n3c4ccccc4c4ccccc43)c2)c2c(-c3ccccc3)cccc2-c2cccc(-c3ccccc3)c2)c1. The number of para-hydroxylation sites is 6. The van der Waals surface area contributed by atoms with Gasteiger partial charge in [-0.2, -0.15) is 0 Å². The van der Waals surface area contributed by atoms with E-state index >= 15 is 0 Å². The van der Waals surface area contributed by atoms with Gasteiger partial charge in [0.05, 0.1) is 33.4 Å². The van der Waals surface area contributed by atoms with Gasteiger partial charge in [0, 0.05) is 77.9 Å². The molecule has 0 fully saturated rings. The molecule has 0 saturated carbocycles. The Hall–Kier alpha value is -12.5. The third-order valence-electron chi connectivity index (χ3n) is 19.4. The van der Waals surface area contributed by atoms with Crippen molar-refractivity contribution in [1.29, 1.82) is 0 Å². The van der Waals surface area contributed by atoms with Gasteiger partial charge in [-0.15, -0.1) is 0 Å². The van der Waals surface area contributed by atoms with Crippen LogP contribution < -0.4 is 9.80 Å². The fourth-order valence-corrected chi connectivity index (χ4v) is 14.8. The van der Waals surface area contributed by atoms with E-state index in [0.717, 1.165) is 134 Å². The number of hydrogen-bond acceptors (Lipinski definition) is 2. The van der Waals surface area contributed by atoms with Gasteiger partial charge < -0.3 is 18.9 Å². The first-order valence-corrected chi connectivity index (χ1v) is 33.9. The van der Waals surface area contributed by atoms with Crippen molar-refractivity contribution in [3.05, 3.63) is 376 Å². The summed E-state index contributed by atoms with van der Waals surface area (Å²) in [6, 6.07) is 136. The first-order chi connectivity index (χ1) is 48.3. The van der Waals surface area contributed by atoms with Crippen molar-refractivity contribution in [1.82, 2.24) is 9.13 Å². The summed E-state index contributed by atoms with van der Waals surface area (Å²) in [5.74, 6) is 0. The fourth-order valence-electron chi connectivity index (χ4n) is 14.8. The Kier molecular flexibility index (Phi) is 15.1. The average molecular weight is 1260 g/mol. The lowest BCUT2D eigenvalue weighted by Crippen LogP contribution is -2.19. The van der Waals surface area contributed by atoms with Crippen LogP contribution in [0.5, 0.6) is 0 Å². The highest BCUT2D eigenvalue weighted by atomic mass is 15.2. The molecule has 98 heavy (non-hydrogen) atoms. The molecule has 2 aromatic heterocycles. The Balaban J connectivity index is 0.992. The van der Waals surface area contributed by atoms with E-state index < -0.39 is 0 Å². The highest BCUT2D eigenvalue weighted by Gasteiger charge is 2.30. The molecule has 466 valence electrons. The third-order valence-corrected chi connectivity index (χ3v) is 19.4. The van der Waals surface area contributed by atoms with Crippen LogP contribution in [0.1, 0.15) is 26.3 Å². The lowest BCUT2D eigenvalue weighted by atomic mass is 9.85. The van der Waals surface area contributed by atoms with Crippen LogP contribution in [0.4, 0.5) is 34.1 Å². The van der Waals surface area contributed by atoms with Gasteiger partial charge in [0.25, 0.3) is 0 Å². The summed E-state index contributed by atoms with van der Waals surface area (Å²) in [5.41, 5.74) is 27.2. The summed E-state index contributed by atoms with van der Waals surface area (Å²) in [5, 5.41) is 4.86. The number of fused-ring (bicyclic) bond motifs is 6. The molecule has 4 nitrogen and oxygen atoms in total. The minimum Gasteiger partial charge on any atom is -0.309 e. The zero-order valence-electron chi connectivity index (χ0n) is 55.0. The second-order valence-corrected chi connectivity index (χ2v) is 26.5. The number of aromatic nitrogens is 2. The Morgan fingerprint density at radius 1 is 0.214 bits per heavy atom. The van der Waals surface area contributed by atoms with Gasteiger partial charge in [0.1, 0.15) is 0 Å². The molecule has 0 radical (unpaired) electrons. The van der Waals surface area contributed by atoms with E-state index in [-0.39, 0.29) is 5.41 Å². The van der Waals surface area contributed by atoms with Crippen molar-refractivity contribution in [2.75, 3.05) is 9.80 Å². The van der Waals surface area contributed by atoms with Gasteiger partial charge in [-0.1, -0.05) is 300 Å². The minimum atomic E-state index is -0.352. The number of nitrogens with zero attached hydrogens (tertiary/aromatic N) is 4. The van der Waals surface area contributed by atoms with Crippen LogP contribution in [0.25, 0.3) is 122 Å². The molecule has 17 aromatic rings. The van der Waals surface area contributed by atoms with Gasteiger partial charge in [0.2, 0.25) is 0 Å². The molecule has 0 aliphatic rings. The highest BCUT2D eigenvalue weighted by molar-refractivity contribution is 6.11. The van der Waals surface area contributed by atoms with E-state index in [1.807, 2.05) is 0 Å². The summed E-state index contributed by atoms with van der Waals surface area (Å²) >= 11 is 0. The van der Waals surface area contributed by atoms with Crippen molar-refractivity contribution >= 4 is 77.7 Å². The van der Waals surface area contributed by atoms with Crippen LogP contribution in [0.15, 0.2) is 370 Å². The smallest absolute Gasteiger partial charge is 0.0618 e. The molecule has 17 rings (SSSR count). The molecule has 4 heteroatoms. The van der Waals surface area contributed by atoms with Crippen LogP contribution in [0.2, 0.25) is 0 Å². The second kappa shape index (κ2) is 25.0. The van der Waals surface area contributed by atoms with Crippen molar-refractivity contribution in [3.8, 4) is 78.1 Å². The minimum absolute atomic E-state index is 0.352. The highest BCUT2D eigenvalue weighted by Crippen LogP contribution is 2.53. The van der Waals surface area contributed by atoms with Crippen molar-refractivity contribution in [2.45, 2.75) is 26.2 Å². The van der Waals surface area contributed by atoms with E-state index in [1.54, 1.807) is 0 Å². The standard InChI is InChI=1S/C94H70N4/c1-94(2,3)73-60-78(95(74-42-26-44-76(62-74)97-88-54-20-16-46-84(88)85-47-17-21-55-89(85)97)92-80(67-34-12-6-13-35-67)50-28-52-82(92)71-40-24-38-69(58-71)65-30-8-4-9-31-65)64-79(61-73)96(75-43-27-45-77(63-75)98-90-56-22-18-48-86(90)87-49-19-23-57-91(87)98)93-81(68-36-14-7-15-37-68)51-29-53-83(93)72-41-25-39-70(59-72)66-32-10-5-11-33-66/h4-64H,1-3H3. The normalized spacial score (nSPS) is 11.6. The lowest BCUT2D eigenvalue weighted by Gasteiger charge is -2.35. The van der Waals surface area contributed by atoms with Gasteiger partial charge >= 0.3 is 0 Å². The number of anilines is 6. The molecular formula is C94H70N4. The van der Waals surface area contributed by atoms with E-state index in [2.05, 4.69) is 410 Å². The topological polar surface area (TPSA) is 16.3 Å². The molecule has 0 spiro atoms. The maximum atomic E-state index is 2.57. The van der Waals surface area contributed by atoms with E-state index in [9.17, 15) is 0 Å². The van der Waals surface area contributed by atoms with Gasteiger partial charge in [-0.05, 0) is 146 Å². The predicted molar refractivity (Wildman–Crippen MR) is 416 cm³/mol.